The van der Waals surface area contributed by atoms with Gasteiger partial charge in [-0.3, -0.25) is 46.9 Å². The maximum atomic E-state index is 12.7. The molecule has 6 heterocycles. The number of rotatable bonds is 17. The third kappa shape index (κ3) is 55.0. The molecule has 3 aromatic carbocycles. The van der Waals surface area contributed by atoms with E-state index < -0.39 is 108 Å². The Hall–Kier alpha value is -7.41. The summed E-state index contributed by atoms with van der Waals surface area (Å²) < 4.78 is 91.1. The third-order valence-electron chi connectivity index (χ3n) is 16.1. The van der Waals surface area contributed by atoms with Gasteiger partial charge in [-0.2, -0.15) is 73.1 Å². The number of carbonyl (C=O) groups is 7. The van der Waals surface area contributed by atoms with Crippen molar-refractivity contribution in [2.45, 2.75) is 183 Å². The van der Waals surface area contributed by atoms with Crippen LogP contribution in [-0.2, 0) is 97.2 Å². The molecule has 12 rings (SSSR count). The number of aromatic carboxylic acids is 2. The number of carboxylic acids is 2. The maximum Gasteiger partial charge on any atom is 2.00 e. The number of nitrogens with zero attached hydrogens (tertiary/aromatic N) is 16. The van der Waals surface area contributed by atoms with Gasteiger partial charge in [0.15, 0.2) is 12.1 Å². The Morgan fingerprint density at radius 1 is 0.721 bits per heavy atom. The van der Waals surface area contributed by atoms with E-state index in [1.165, 1.54) is 56.0 Å². The van der Waals surface area contributed by atoms with Crippen LogP contribution >= 0.6 is 57.2 Å². The summed E-state index contributed by atoms with van der Waals surface area (Å²) in [5, 5.41) is 60.8. The van der Waals surface area contributed by atoms with E-state index in [9.17, 15) is 59.1 Å². The van der Waals surface area contributed by atoms with Crippen molar-refractivity contribution in [1.29, 1.82) is 3.63 Å². The molecular weight excluding hydrogens is 2320 g/mol. The number of halogens is 7. The molecule has 6 aromatic heterocycles. The Bertz CT molecular complexity index is 5460. The summed E-state index contributed by atoms with van der Waals surface area (Å²) >= 11 is 19.2. The van der Waals surface area contributed by atoms with Crippen LogP contribution in [0.3, 0.4) is 0 Å². The number of hydrogen-bond donors (Lipinski definition) is 6. The number of Topliss-reactive ketones (excluding diaryl/α,β-unsaturated/α-hetero) is 1. The molecule has 54 heteroatoms. The first-order valence-electron chi connectivity index (χ1n) is 39.8. The van der Waals surface area contributed by atoms with Gasteiger partial charge < -0.3 is 52.0 Å². The first-order valence-corrected chi connectivity index (χ1v) is 52.4. The molecule has 3 saturated carbocycles. The normalized spacial score (nSPS) is 13.4. The molecule has 0 aliphatic heterocycles. The molecule has 0 bridgehead atoms. The van der Waals surface area contributed by atoms with Crippen molar-refractivity contribution in [2.75, 3.05) is 28.2 Å². The molecule has 4 atom stereocenters. The summed E-state index contributed by atoms with van der Waals surface area (Å²) in [6.45, 7) is 29.5. The monoisotopic (exact) mass is 2430 g/mol. The van der Waals surface area contributed by atoms with Gasteiger partial charge in [0.2, 0.25) is 17.7 Å². The summed E-state index contributed by atoms with van der Waals surface area (Å²) in [6, 6.07) is 30.6. The van der Waals surface area contributed by atoms with Crippen molar-refractivity contribution in [2.24, 2.45) is 36.2 Å². The number of primary amides is 3. The predicted octanol–water partition coefficient (Wildman–Crippen LogP) is 6.54. The molecule has 136 heavy (non-hydrogen) atoms. The summed E-state index contributed by atoms with van der Waals surface area (Å²) in [7, 11) is -1.83. The second-order valence-corrected chi connectivity index (χ2v) is 51.2. The van der Waals surface area contributed by atoms with Gasteiger partial charge >= 0.3 is 66.4 Å². The number of amidine groups is 1. The second kappa shape index (κ2) is 67.9. The summed E-state index contributed by atoms with van der Waals surface area (Å²) in [4.78, 5) is 87.6. The predicted molar refractivity (Wildman–Crippen MR) is 531 cm³/mol. The topological polar surface area (TPSA) is 496 Å². The fourth-order valence-electron chi connectivity index (χ4n) is 8.70. The smallest absolute Gasteiger partial charge is 1.00 e. The number of aromatic nitrogens is 9. The van der Waals surface area contributed by atoms with E-state index in [0.717, 1.165) is 21.6 Å². The number of amides is 3. The fraction of sp³-hybridized carbons (Fsp3) is 0.402. The molecule has 10 N–H and O–H groups in total. The Morgan fingerprint density at radius 3 is 1.47 bits per heavy atom. The van der Waals surface area contributed by atoms with Crippen LogP contribution in [0.4, 0.5) is 12.9 Å². The number of aldehydes is 1. The van der Waals surface area contributed by atoms with Crippen LogP contribution in [0.5, 0.6) is 0 Å². The molecular formula is C82H114B2Cl3Cu2F4MgN20O13S6Si2U. The number of thiophene rings is 3. The van der Waals surface area contributed by atoms with Gasteiger partial charge in [-0.25, -0.2) is 41.1 Å². The molecule has 9 aromatic rings. The van der Waals surface area contributed by atoms with Gasteiger partial charge in [0, 0.05) is 92.2 Å². The first-order chi connectivity index (χ1) is 61.8. The van der Waals surface area contributed by atoms with Crippen LogP contribution in [0.25, 0.3) is 21.5 Å². The Labute approximate surface area is 896 Å². The van der Waals surface area contributed by atoms with Gasteiger partial charge in [-0.15, -0.1) is 38.0 Å². The molecule has 0 saturated heterocycles. The average Bonchev–Trinajstić information content (AvgIpc) is 1.60. The maximum absolute atomic E-state index is 12.7. The van der Waals surface area contributed by atoms with E-state index in [2.05, 4.69) is 135 Å². The third-order valence-corrected chi connectivity index (χ3v) is 24.3. The van der Waals surface area contributed by atoms with Crippen molar-refractivity contribution < 1.29 is 161 Å². The molecule has 4 unspecified atom stereocenters. The minimum Gasteiger partial charge on any atom is -1.00 e. The van der Waals surface area contributed by atoms with Gasteiger partial charge in [0.05, 0.1) is 103 Å². The number of para-hydroxylation sites is 1. The molecule has 747 valence electrons. The molecule has 3 aliphatic carbocycles. The van der Waals surface area contributed by atoms with E-state index in [-0.39, 0.29) is 123 Å². The summed E-state index contributed by atoms with van der Waals surface area (Å²) in [5.41, 5.74) is 32.5. The number of nitrogens with two attached hydrogens (primary N) is 4. The fourth-order valence-corrected chi connectivity index (χ4v) is 12.8. The van der Waals surface area contributed by atoms with Gasteiger partial charge in [0.1, 0.15) is 71.5 Å². The van der Waals surface area contributed by atoms with Crippen molar-refractivity contribution in [1.82, 2.24) is 50.0 Å². The molecule has 2 radical (unpaired) electrons. The van der Waals surface area contributed by atoms with Gasteiger partial charge in [-0.1, -0.05) is 106 Å². The van der Waals surface area contributed by atoms with Crippen molar-refractivity contribution in [3.8, 4) is 22.9 Å². The quantitative estimate of drug-likeness (QED) is 0.00458. The number of carbonyl (C=O) groups excluding carboxylic acids is 5. The average molecular weight is 2440 g/mol. The summed E-state index contributed by atoms with van der Waals surface area (Å²) in [5.74, 6) is 1.99. The van der Waals surface area contributed by atoms with E-state index in [4.69, 9.17) is 69.7 Å². The van der Waals surface area contributed by atoms with Crippen LogP contribution < -0.4 is 44.3 Å². The van der Waals surface area contributed by atoms with Crippen molar-refractivity contribution >= 4 is 216 Å². The number of benzene rings is 3. The Morgan fingerprint density at radius 2 is 1.14 bits per heavy atom. The minimum atomic E-state index is -3.67. The van der Waals surface area contributed by atoms with Crippen LogP contribution in [0.15, 0.2) is 150 Å². The first kappa shape index (κ1) is 135. The summed E-state index contributed by atoms with van der Waals surface area (Å²) in [6.07, 6.45) is 11.0. The van der Waals surface area contributed by atoms with E-state index in [1.54, 1.807) is 87.1 Å². The van der Waals surface area contributed by atoms with Crippen LogP contribution in [0.1, 0.15) is 161 Å². The molecule has 3 amide bonds. The Balaban J connectivity index is -0.000000283. The van der Waals surface area contributed by atoms with Crippen LogP contribution in [0, 0.1) is 67.5 Å². The van der Waals surface area contributed by atoms with Crippen LogP contribution in [0.2, 0.25) is 49.3 Å². The number of ketones is 1. The molecule has 0 spiro atoms. The molecule has 33 nitrogen and oxygen atoms in total. The zero-order valence-corrected chi connectivity index (χ0v) is 95.1. The van der Waals surface area contributed by atoms with Gasteiger partial charge in [-0.05, 0) is 184 Å². The van der Waals surface area contributed by atoms with E-state index >= 15 is 0 Å². The number of fused-ring (bicyclic) bond motifs is 1. The number of carboxylic acid groups (broad SMARTS) is 2. The zero-order valence-electron chi connectivity index (χ0n) is 81.4. The van der Waals surface area contributed by atoms with Crippen molar-refractivity contribution in [3.63, 3.8) is 0 Å². The van der Waals surface area contributed by atoms with E-state index in [1.807, 2.05) is 153 Å². The largest absolute Gasteiger partial charge is 2.00 e. The number of azide groups is 1. The second-order valence-electron chi connectivity index (χ2n) is 32.8. The zero-order chi connectivity index (χ0) is 102. The standard InChI is InChI=1S/C19H17ClN4O2S.C11H17N5O2S.C11H16N5O.C10H19NOSSi.C6H4Cl.C6H10OSi.2C5H4O2S.C4H6N4O.C4H11NOS.CH3.BF3.BH2.ClH.2Cu.FH.Mg.U.H/c20-14-3-1-12(2-4-14)15(9-17(25)13-5-8-27-11-13)16-10-24(23-22-16)19(6-7-19)18(21)26;1-10(2,3)19(18)13-6-8-7-16(15-14-8)11(4-5-11)9(12)17;1-14(2)11(15(3)4)17-16-10-8-6-5-7-9(10)12-13-16;1-10(2,3)13(12)11-8-7-9-14(4,5)6;7-6-4-2-1-3-5-6;1-8(2,3)6-4-5-7;2*6-5(7)4-1-2-8-3-4;5-3(9)4(1-2-4)7-8-6;1-4(2,3)7(5)6;;2-1(3)4;;;;;;;;/h1-5,8,10-11,15H,6-7,9H2,(H2,21,26);6-7H,4-5H2,1-3H3,(H2,12,17);5-8H,1-4H3;8H,1-6H3;2-5H;5H,1-3H3;2*1-3H,(H,6,7);1-2H2,(H2,5,9);5H2,1-3H3;1H3;;1H2;1H;;;1H;;;/q;;+1;;-1;;;;;;-1;;;;;+1;;+2;;/p-2/i;;;;;;;;;;;;1T2;;;;;;;1+2. The van der Waals surface area contributed by atoms with Crippen LogP contribution in [-0.4, -0.2) is 244 Å². The van der Waals surface area contributed by atoms with Gasteiger partial charge in [0.25, 0.3) is 0 Å². The number of hydrogen-bond acceptors (Lipinski definition) is 21. The SMILES string of the molecule is CC(C)(C)S(=O)N=CC#C[Si](C)(C)C.CC(C)(C)S(=O)N=Cc1cn(C2(C(N)=O)CC2)nn1.CC(C)(C)S(N)=O.CN(C)C(On1nnc2ccccc21)=[N+](C)C.C[Si](C)(C)C#CC=O.Clc1cc[c-]cc1.FB(F)F.NC(=O)C1(n2cc(C(CC(=O)c3ccsc3)c3ccc(Cl)cc3)nn2)CC1.O=C(O)c1ccsc1.O=C(O)c1ccsc1.[3H][B][3H].[3H][Cu+].[CH3-].[Cl-].[Cu].[F-].[Mg+2].[N-]=[N+]=NC1(C(N)=O)CC1.[U]. The molecule has 3 aliphatic rings. The minimum absolute atomic E-state index is 0. The Kier molecular flexibility index (Phi) is 67.3. The van der Waals surface area contributed by atoms with Crippen molar-refractivity contribution in [3.05, 3.63) is 203 Å². The molecule has 3 fully saturated rings. The van der Waals surface area contributed by atoms with E-state index in [0.29, 0.717) is 92.3 Å².